The topological polar surface area (TPSA) is 51.2 Å². The van der Waals surface area contributed by atoms with E-state index in [1.807, 2.05) is 36.4 Å². The van der Waals surface area contributed by atoms with Crippen molar-refractivity contribution in [2.75, 3.05) is 0 Å². The fourth-order valence-corrected chi connectivity index (χ4v) is 1.93. The van der Waals surface area contributed by atoms with Gasteiger partial charge in [-0.15, -0.1) is 0 Å². The largest absolute Gasteiger partial charge is 0.452 e. The predicted molar refractivity (Wildman–Crippen MR) is 67.0 cm³/mol. The van der Waals surface area contributed by atoms with E-state index in [0.717, 1.165) is 11.3 Å². The van der Waals surface area contributed by atoms with E-state index in [0.29, 0.717) is 9.69 Å². The van der Waals surface area contributed by atoms with Crippen molar-refractivity contribution in [3.8, 4) is 0 Å². The van der Waals surface area contributed by atoms with Crippen LogP contribution in [0.3, 0.4) is 0 Å². The summed E-state index contributed by atoms with van der Waals surface area (Å²) in [5.41, 5.74) is 3.70. The van der Waals surface area contributed by atoms with Gasteiger partial charge in [-0.25, -0.2) is 5.43 Å². The molecule has 0 radical (unpaired) electrons. The summed E-state index contributed by atoms with van der Waals surface area (Å²) in [6.07, 6.45) is 0. The van der Waals surface area contributed by atoms with E-state index in [1.165, 1.54) is 0 Å². The summed E-state index contributed by atoms with van der Waals surface area (Å²) in [5, 5.41) is 0.695. The molecule has 16 heavy (non-hydrogen) atoms. The van der Waals surface area contributed by atoms with Crippen molar-refractivity contribution in [1.82, 2.24) is 5.43 Å². The molecule has 3 nitrogen and oxygen atoms in total. The predicted octanol–water partition coefficient (Wildman–Crippen LogP) is 3.25. The highest BCUT2D eigenvalue weighted by Crippen LogP contribution is 2.26. The molecular weight excluding hydrogens is 291 g/mol. The highest BCUT2D eigenvalue weighted by atomic mass is 79.9. The Bertz CT molecular complexity index is 469. The van der Waals surface area contributed by atoms with E-state index in [2.05, 4.69) is 21.4 Å². The molecule has 0 saturated carbocycles. The normalized spacial score (nSPS) is 12.7. The Balaban J connectivity index is 2.32. The smallest absolute Gasteiger partial charge is 0.169 e. The lowest BCUT2D eigenvalue weighted by atomic mass is 10.1. The van der Waals surface area contributed by atoms with Crippen LogP contribution in [-0.2, 0) is 0 Å². The first-order valence-corrected chi connectivity index (χ1v) is 5.84. The lowest BCUT2D eigenvalue weighted by molar-refractivity contribution is 0.437. The lowest BCUT2D eigenvalue weighted by Crippen LogP contribution is -2.28. The van der Waals surface area contributed by atoms with E-state index in [4.69, 9.17) is 21.9 Å². The highest BCUT2D eigenvalue weighted by molar-refractivity contribution is 9.10. The molecule has 1 heterocycles. The molecule has 1 atom stereocenters. The Kier molecular flexibility index (Phi) is 3.66. The molecular formula is C11H10BrClN2O. The van der Waals surface area contributed by atoms with Crippen LogP contribution in [0, 0.1) is 0 Å². The Morgan fingerprint density at radius 3 is 2.38 bits per heavy atom. The van der Waals surface area contributed by atoms with Crippen LogP contribution in [0.25, 0.3) is 0 Å². The van der Waals surface area contributed by atoms with Gasteiger partial charge in [0, 0.05) is 5.02 Å². The van der Waals surface area contributed by atoms with Crippen LogP contribution in [0.5, 0.6) is 0 Å². The van der Waals surface area contributed by atoms with Gasteiger partial charge in [-0.2, -0.15) is 0 Å². The number of hydrogen-bond donors (Lipinski definition) is 2. The summed E-state index contributed by atoms with van der Waals surface area (Å²) < 4.78 is 6.14. The summed E-state index contributed by atoms with van der Waals surface area (Å²) in [7, 11) is 0. The molecule has 5 heteroatoms. The molecule has 1 aromatic heterocycles. The number of hydrogen-bond acceptors (Lipinski definition) is 3. The van der Waals surface area contributed by atoms with Crippen molar-refractivity contribution in [2.45, 2.75) is 6.04 Å². The molecule has 0 aliphatic heterocycles. The van der Waals surface area contributed by atoms with Gasteiger partial charge in [-0.3, -0.25) is 5.84 Å². The van der Waals surface area contributed by atoms with Gasteiger partial charge in [0.25, 0.3) is 0 Å². The zero-order valence-corrected chi connectivity index (χ0v) is 10.6. The number of nitrogens with one attached hydrogen (secondary N) is 1. The molecule has 0 bridgehead atoms. The molecule has 1 aromatic carbocycles. The monoisotopic (exact) mass is 300 g/mol. The fourth-order valence-electron chi connectivity index (χ4n) is 1.48. The van der Waals surface area contributed by atoms with Crippen molar-refractivity contribution in [3.05, 3.63) is 57.4 Å². The van der Waals surface area contributed by atoms with Crippen molar-refractivity contribution in [3.63, 3.8) is 0 Å². The van der Waals surface area contributed by atoms with E-state index in [1.54, 1.807) is 0 Å². The van der Waals surface area contributed by atoms with Crippen molar-refractivity contribution in [1.29, 1.82) is 0 Å². The molecule has 84 valence electrons. The Labute approximate surface area is 107 Å². The van der Waals surface area contributed by atoms with Gasteiger partial charge >= 0.3 is 0 Å². The number of furan rings is 1. The zero-order chi connectivity index (χ0) is 11.5. The fraction of sp³-hybridized carbons (Fsp3) is 0.0909. The van der Waals surface area contributed by atoms with E-state index >= 15 is 0 Å². The maximum absolute atomic E-state index is 5.83. The second kappa shape index (κ2) is 5.01. The quantitative estimate of drug-likeness (QED) is 0.676. The van der Waals surface area contributed by atoms with Gasteiger partial charge in [0.15, 0.2) is 4.67 Å². The molecule has 1 unspecified atom stereocenters. The summed E-state index contributed by atoms with van der Waals surface area (Å²) in [4.78, 5) is 0. The standard InChI is InChI=1S/C11H10BrClN2O/c12-10-6-5-9(16-10)11(15-14)7-1-3-8(13)4-2-7/h1-6,11,15H,14H2. The number of hydrazine groups is 1. The van der Waals surface area contributed by atoms with Crippen LogP contribution in [-0.4, -0.2) is 0 Å². The number of benzene rings is 1. The van der Waals surface area contributed by atoms with Crippen molar-refractivity contribution < 1.29 is 4.42 Å². The molecule has 2 aromatic rings. The third-order valence-electron chi connectivity index (χ3n) is 2.25. The van der Waals surface area contributed by atoms with Crippen LogP contribution >= 0.6 is 27.5 Å². The van der Waals surface area contributed by atoms with Gasteiger partial charge < -0.3 is 4.42 Å². The van der Waals surface area contributed by atoms with E-state index < -0.39 is 0 Å². The van der Waals surface area contributed by atoms with Crippen LogP contribution in [0.15, 0.2) is 45.5 Å². The van der Waals surface area contributed by atoms with E-state index in [-0.39, 0.29) is 6.04 Å². The van der Waals surface area contributed by atoms with Gasteiger partial charge in [0.1, 0.15) is 11.8 Å². The minimum atomic E-state index is -0.177. The van der Waals surface area contributed by atoms with Crippen LogP contribution in [0.4, 0.5) is 0 Å². The highest BCUT2D eigenvalue weighted by Gasteiger charge is 2.15. The molecule has 3 N–H and O–H groups in total. The van der Waals surface area contributed by atoms with Crippen molar-refractivity contribution >= 4 is 27.5 Å². The summed E-state index contributed by atoms with van der Waals surface area (Å²) in [6, 6.07) is 11.0. The summed E-state index contributed by atoms with van der Waals surface area (Å²) >= 11 is 9.08. The number of rotatable bonds is 3. The lowest BCUT2D eigenvalue weighted by Gasteiger charge is -2.13. The maximum Gasteiger partial charge on any atom is 0.169 e. The van der Waals surface area contributed by atoms with Gasteiger partial charge in [-0.05, 0) is 45.8 Å². The molecule has 0 amide bonds. The second-order valence-electron chi connectivity index (χ2n) is 3.29. The second-order valence-corrected chi connectivity index (χ2v) is 4.51. The van der Waals surface area contributed by atoms with Gasteiger partial charge in [-0.1, -0.05) is 23.7 Å². The molecule has 0 spiro atoms. The zero-order valence-electron chi connectivity index (χ0n) is 8.28. The third kappa shape index (κ3) is 2.47. The van der Waals surface area contributed by atoms with Gasteiger partial charge in [0.2, 0.25) is 0 Å². The third-order valence-corrected chi connectivity index (χ3v) is 2.93. The first kappa shape index (κ1) is 11.7. The molecule has 0 fully saturated rings. The number of halogens is 2. The van der Waals surface area contributed by atoms with E-state index in [9.17, 15) is 0 Å². The Morgan fingerprint density at radius 2 is 1.88 bits per heavy atom. The molecule has 0 aliphatic rings. The Morgan fingerprint density at radius 1 is 1.19 bits per heavy atom. The SMILES string of the molecule is NNC(c1ccc(Cl)cc1)c1ccc(Br)o1. The Hall–Kier alpha value is -0.810. The minimum absolute atomic E-state index is 0.177. The molecule has 0 saturated heterocycles. The van der Waals surface area contributed by atoms with Crippen LogP contribution in [0.1, 0.15) is 17.4 Å². The van der Waals surface area contributed by atoms with Crippen LogP contribution < -0.4 is 11.3 Å². The van der Waals surface area contributed by atoms with Crippen LogP contribution in [0.2, 0.25) is 5.02 Å². The number of nitrogens with two attached hydrogens (primary N) is 1. The maximum atomic E-state index is 5.83. The van der Waals surface area contributed by atoms with Gasteiger partial charge in [0.05, 0.1) is 0 Å². The van der Waals surface area contributed by atoms with Crippen molar-refractivity contribution in [2.24, 2.45) is 5.84 Å². The first-order chi connectivity index (χ1) is 7.70. The first-order valence-electron chi connectivity index (χ1n) is 4.67. The molecule has 0 aliphatic carbocycles. The summed E-state index contributed by atoms with van der Waals surface area (Å²) in [5.74, 6) is 6.27. The summed E-state index contributed by atoms with van der Waals surface area (Å²) in [6.45, 7) is 0. The average Bonchev–Trinajstić information content (AvgIpc) is 2.69. The average molecular weight is 302 g/mol. The minimum Gasteiger partial charge on any atom is -0.452 e. The molecule has 2 rings (SSSR count).